The average Bonchev–Trinajstić information content (AvgIpc) is 2.99. The molecule has 0 unspecified atom stereocenters. The summed E-state index contributed by atoms with van der Waals surface area (Å²) in [6.07, 6.45) is 0. The van der Waals surface area contributed by atoms with Crippen LogP contribution in [-0.2, 0) is 16.1 Å². The van der Waals surface area contributed by atoms with Crippen LogP contribution in [0.15, 0.2) is 78.5 Å². The molecule has 1 heterocycles. The van der Waals surface area contributed by atoms with Gasteiger partial charge in [-0.15, -0.1) is 0 Å². The van der Waals surface area contributed by atoms with Gasteiger partial charge in [0.05, 0.1) is 11.3 Å². The molecule has 0 atom stereocenters. The first-order valence-corrected chi connectivity index (χ1v) is 10.1. The number of hydrogen-bond acceptors (Lipinski definition) is 3. The Bertz CT molecular complexity index is 1160. The molecule has 0 spiro atoms. The molecule has 156 valence electrons. The molecule has 1 aliphatic heterocycles. The molecular formula is C26H23FN2O2. The molecule has 31 heavy (non-hydrogen) atoms. The maximum Gasteiger partial charge on any atom is 0.282 e. The van der Waals surface area contributed by atoms with Crippen LogP contribution < -0.4 is 4.90 Å². The summed E-state index contributed by atoms with van der Waals surface area (Å²) >= 11 is 0. The van der Waals surface area contributed by atoms with Crippen LogP contribution in [0.3, 0.4) is 0 Å². The molecule has 0 N–H and O–H groups in total. The fourth-order valence-electron chi connectivity index (χ4n) is 4.00. The standard InChI is InChI=1S/C26H23FN2O2/c1-17-13-18(2)15-22(14-17)29-25(30)23(20-9-11-21(27)12-10-20)24(26(29)31)28(3)16-19-7-5-4-6-8-19/h4-15H,16H2,1-3H3. The third kappa shape index (κ3) is 3.99. The van der Waals surface area contributed by atoms with E-state index < -0.39 is 11.7 Å². The molecule has 1 aliphatic rings. The van der Waals surface area contributed by atoms with Gasteiger partial charge in [0, 0.05) is 13.6 Å². The molecule has 0 aromatic heterocycles. The number of benzene rings is 3. The van der Waals surface area contributed by atoms with Crippen molar-refractivity contribution in [3.8, 4) is 0 Å². The van der Waals surface area contributed by atoms with Crippen molar-refractivity contribution in [2.24, 2.45) is 0 Å². The number of carbonyl (C=O) groups excluding carboxylic acids is 2. The van der Waals surface area contributed by atoms with E-state index >= 15 is 0 Å². The predicted octanol–water partition coefficient (Wildman–Crippen LogP) is 4.86. The first-order chi connectivity index (χ1) is 14.8. The number of carbonyl (C=O) groups is 2. The predicted molar refractivity (Wildman–Crippen MR) is 120 cm³/mol. The summed E-state index contributed by atoms with van der Waals surface area (Å²) in [5, 5.41) is 0. The lowest BCUT2D eigenvalue weighted by molar-refractivity contribution is -0.120. The molecule has 4 nitrogen and oxygen atoms in total. The van der Waals surface area contributed by atoms with Crippen LogP contribution in [0.2, 0.25) is 0 Å². The van der Waals surface area contributed by atoms with Crippen molar-refractivity contribution in [2.45, 2.75) is 20.4 Å². The second kappa shape index (κ2) is 8.19. The van der Waals surface area contributed by atoms with Gasteiger partial charge in [-0.2, -0.15) is 0 Å². The second-order valence-corrected chi connectivity index (χ2v) is 7.86. The quantitative estimate of drug-likeness (QED) is 0.560. The summed E-state index contributed by atoms with van der Waals surface area (Å²) in [6.45, 7) is 4.32. The van der Waals surface area contributed by atoms with Crippen molar-refractivity contribution in [3.05, 3.63) is 107 Å². The molecule has 0 bridgehead atoms. The minimum Gasteiger partial charge on any atom is -0.365 e. The SMILES string of the molecule is Cc1cc(C)cc(N2C(=O)C(c3ccc(F)cc3)=C(N(C)Cc3ccccc3)C2=O)c1. The largest absolute Gasteiger partial charge is 0.365 e. The number of imide groups is 1. The Hall–Kier alpha value is -3.73. The zero-order chi connectivity index (χ0) is 22.1. The Morgan fingerprint density at radius 3 is 2.06 bits per heavy atom. The smallest absolute Gasteiger partial charge is 0.282 e. The minimum absolute atomic E-state index is 0.280. The molecule has 0 saturated carbocycles. The molecular weight excluding hydrogens is 391 g/mol. The first kappa shape index (κ1) is 20.5. The van der Waals surface area contributed by atoms with Gasteiger partial charge in [-0.25, -0.2) is 9.29 Å². The number of amides is 2. The van der Waals surface area contributed by atoms with Gasteiger partial charge in [0.15, 0.2) is 0 Å². The van der Waals surface area contributed by atoms with Crippen LogP contribution in [-0.4, -0.2) is 23.8 Å². The summed E-state index contributed by atoms with van der Waals surface area (Å²) in [5.41, 5.74) is 4.58. The topological polar surface area (TPSA) is 40.6 Å². The summed E-state index contributed by atoms with van der Waals surface area (Å²) in [4.78, 5) is 30.1. The van der Waals surface area contributed by atoms with Gasteiger partial charge >= 0.3 is 0 Å². The van der Waals surface area contributed by atoms with Crippen LogP contribution in [0.25, 0.3) is 5.57 Å². The number of aryl methyl sites for hydroxylation is 2. The minimum atomic E-state index is -0.406. The molecule has 3 aromatic carbocycles. The van der Waals surface area contributed by atoms with E-state index in [1.807, 2.05) is 62.4 Å². The summed E-state index contributed by atoms with van der Waals surface area (Å²) in [7, 11) is 1.79. The normalized spacial score (nSPS) is 13.9. The van der Waals surface area contributed by atoms with Crippen LogP contribution in [0, 0.1) is 19.7 Å². The van der Waals surface area contributed by atoms with Gasteiger partial charge in [0.1, 0.15) is 11.5 Å². The van der Waals surface area contributed by atoms with Crippen LogP contribution in [0.1, 0.15) is 22.3 Å². The number of anilines is 1. The Morgan fingerprint density at radius 1 is 0.839 bits per heavy atom. The Morgan fingerprint density at radius 2 is 1.45 bits per heavy atom. The molecule has 0 saturated heterocycles. The van der Waals surface area contributed by atoms with E-state index in [-0.39, 0.29) is 11.5 Å². The van der Waals surface area contributed by atoms with E-state index in [2.05, 4.69) is 0 Å². The number of likely N-dealkylation sites (N-methyl/N-ethyl adjacent to an activating group) is 1. The number of hydrogen-bond donors (Lipinski definition) is 0. The molecule has 0 fully saturated rings. The molecule has 3 aromatic rings. The van der Waals surface area contributed by atoms with Gasteiger partial charge in [0.25, 0.3) is 11.8 Å². The lowest BCUT2D eigenvalue weighted by Crippen LogP contribution is -2.34. The van der Waals surface area contributed by atoms with E-state index in [9.17, 15) is 14.0 Å². The zero-order valence-corrected chi connectivity index (χ0v) is 17.7. The first-order valence-electron chi connectivity index (χ1n) is 10.1. The number of nitrogens with zero attached hydrogens (tertiary/aromatic N) is 2. The van der Waals surface area contributed by atoms with Crippen molar-refractivity contribution in [1.82, 2.24) is 4.90 Å². The fourth-order valence-corrected chi connectivity index (χ4v) is 4.00. The molecule has 0 radical (unpaired) electrons. The third-order valence-electron chi connectivity index (χ3n) is 5.30. The van der Waals surface area contributed by atoms with E-state index in [0.29, 0.717) is 23.5 Å². The highest BCUT2D eigenvalue weighted by atomic mass is 19.1. The van der Waals surface area contributed by atoms with Crippen molar-refractivity contribution in [1.29, 1.82) is 0 Å². The van der Waals surface area contributed by atoms with E-state index in [1.54, 1.807) is 11.9 Å². The van der Waals surface area contributed by atoms with Crippen molar-refractivity contribution < 1.29 is 14.0 Å². The highest BCUT2D eigenvalue weighted by Crippen LogP contribution is 2.35. The van der Waals surface area contributed by atoms with Crippen LogP contribution in [0.4, 0.5) is 10.1 Å². The third-order valence-corrected chi connectivity index (χ3v) is 5.30. The van der Waals surface area contributed by atoms with E-state index in [4.69, 9.17) is 0 Å². The lowest BCUT2D eigenvalue weighted by atomic mass is 10.0. The van der Waals surface area contributed by atoms with Crippen molar-refractivity contribution in [2.75, 3.05) is 11.9 Å². The van der Waals surface area contributed by atoms with Gasteiger partial charge in [-0.1, -0.05) is 48.5 Å². The summed E-state index contributed by atoms with van der Waals surface area (Å²) < 4.78 is 13.5. The Balaban J connectivity index is 1.81. The van der Waals surface area contributed by atoms with Crippen LogP contribution >= 0.6 is 0 Å². The average molecular weight is 414 g/mol. The van der Waals surface area contributed by atoms with Crippen molar-refractivity contribution in [3.63, 3.8) is 0 Å². The molecule has 5 heteroatoms. The number of rotatable bonds is 5. The maximum absolute atomic E-state index is 13.6. The molecule has 2 amide bonds. The van der Waals surface area contributed by atoms with E-state index in [0.717, 1.165) is 16.7 Å². The van der Waals surface area contributed by atoms with Crippen molar-refractivity contribution >= 4 is 23.1 Å². The lowest BCUT2D eigenvalue weighted by Gasteiger charge is -2.22. The zero-order valence-electron chi connectivity index (χ0n) is 17.7. The Kier molecular flexibility index (Phi) is 5.42. The van der Waals surface area contributed by atoms with Gasteiger partial charge in [-0.3, -0.25) is 9.59 Å². The number of halogens is 1. The van der Waals surface area contributed by atoms with Crippen LogP contribution in [0.5, 0.6) is 0 Å². The van der Waals surface area contributed by atoms with Gasteiger partial charge < -0.3 is 4.90 Å². The highest BCUT2D eigenvalue weighted by molar-refractivity contribution is 6.45. The fraction of sp³-hybridized carbons (Fsp3) is 0.154. The van der Waals surface area contributed by atoms with Gasteiger partial charge in [0.2, 0.25) is 0 Å². The highest BCUT2D eigenvalue weighted by Gasteiger charge is 2.41. The monoisotopic (exact) mass is 414 g/mol. The van der Waals surface area contributed by atoms with Gasteiger partial charge in [-0.05, 0) is 60.4 Å². The maximum atomic E-state index is 13.6. The second-order valence-electron chi connectivity index (χ2n) is 7.86. The molecule has 0 aliphatic carbocycles. The summed E-state index contributed by atoms with van der Waals surface area (Å²) in [5.74, 6) is -1.18. The van der Waals surface area contributed by atoms with E-state index in [1.165, 1.54) is 29.2 Å². The Labute approximate surface area is 181 Å². The summed E-state index contributed by atoms with van der Waals surface area (Å²) in [6, 6.07) is 21.1. The molecule has 4 rings (SSSR count).